The lowest BCUT2D eigenvalue weighted by molar-refractivity contribution is -0.144. The highest BCUT2D eigenvalue weighted by Crippen LogP contribution is 2.53. The molecular formula is C27H31NO3. The Kier molecular flexibility index (Phi) is 5.43. The smallest absolute Gasteiger partial charge is 0.309 e. The second-order valence-electron chi connectivity index (χ2n) is 9.73. The number of fused-ring (bicyclic) bond motifs is 2. The van der Waals surface area contributed by atoms with Gasteiger partial charge in [-0.05, 0) is 75.0 Å². The van der Waals surface area contributed by atoms with Gasteiger partial charge in [0.1, 0.15) is 6.10 Å². The second-order valence-corrected chi connectivity index (χ2v) is 9.73. The largest absolute Gasteiger partial charge is 0.462 e. The number of rotatable bonds is 3. The molecule has 4 heteroatoms. The Hall–Kier alpha value is -2.46. The van der Waals surface area contributed by atoms with Crippen molar-refractivity contribution in [1.29, 1.82) is 0 Å². The van der Waals surface area contributed by atoms with Crippen molar-refractivity contribution in [2.75, 3.05) is 0 Å². The summed E-state index contributed by atoms with van der Waals surface area (Å²) in [5, 5.41) is 10.2. The van der Waals surface area contributed by atoms with Crippen LogP contribution in [0.5, 0.6) is 0 Å². The summed E-state index contributed by atoms with van der Waals surface area (Å²) in [7, 11) is 0. The van der Waals surface area contributed by atoms with Crippen LogP contribution in [0.3, 0.4) is 0 Å². The predicted octanol–water partition coefficient (Wildman–Crippen LogP) is 5.05. The van der Waals surface area contributed by atoms with Crippen molar-refractivity contribution in [3.8, 4) is 11.1 Å². The van der Waals surface area contributed by atoms with Crippen LogP contribution in [0.1, 0.15) is 43.9 Å². The molecule has 0 radical (unpaired) electrons. The van der Waals surface area contributed by atoms with E-state index in [1.54, 1.807) is 0 Å². The molecule has 31 heavy (non-hydrogen) atoms. The summed E-state index contributed by atoms with van der Waals surface area (Å²) in [4.78, 5) is 17.1. The Morgan fingerprint density at radius 2 is 1.84 bits per heavy atom. The quantitative estimate of drug-likeness (QED) is 0.711. The zero-order valence-corrected chi connectivity index (χ0v) is 18.3. The molecule has 3 fully saturated rings. The maximum absolute atomic E-state index is 12.5. The van der Waals surface area contributed by atoms with Crippen LogP contribution in [0.25, 0.3) is 17.2 Å². The fourth-order valence-corrected chi connectivity index (χ4v) is 6.22. The van der Waals surface area contributed by atoms with Crippen LogP contribution in [0.15, 0.2) is 48.7 Å². The number of aliphatic hydroxyl groups is 1. The molecule has 2 saturated carbocycles. The van der Waals surface area contributed by atoms with Gasteiger partial charge in [0, 0.05) is 17.7 Å². The number of aliphatic hydroxyl groups excluding tert-OH is 1. The third kappa shape index (κ3) is 3.94. The van der Waals surface area contributed by atoms with Crippen molar-refractivity contribution in [2.45, 2.75) is 51.7 Å². The molecule has 2 heterocycles. The molecule has 7 atom stereocenters. The van der Waals surface area contributed by atoms with Gasteiger partial charge in [-0.1, -0.05) is 42.0 Å². The number of carbonyl (C=O) groups excluding carboxylic acids is 1. The van der Waals surface area contributed by atoms with Gasteiger partial charge in [0.15, 0.2) is 0 Å². The van der Waals surface area contributed by atoms with Crippen LogP contribution in [0, 0.1) is 36.5 Å². The third-order valence-electron chi connectivity index (χ3n) is 7.78. The molecule has 2 aromatic rings. The summed E-state index contributed by atoms with van der Waals surface area (Å²) < 4.78 is 5.65. The van der Waals surface area contributed by atoms with Crippen LogP contribution in [0.2, 0.25) is 0 Å². The monoisotopic (exact) mass is 417 g/mol. The highest BCUT2D eigenvalue weighted by atomic mass is 16.6. The number of aryl methyl sites for hydroxylation is 1. The number of benzene rings is 1. The van der Waals surface area contributed by atoms with E-state index in [1.165, 1.54) is 11.1 Å². The molecule has 1 N–H and O–H groups in total. The number of esters is 1. The zero-order chi connectivity index (χ0) is 21.5. The van der Waals surface area contributed by atoms with Crippen LogP contribution in [0.4, 0.5) is 0 Å². The first kappa shape index (κ1) is 20.4. The van der Waals surface area contributed by atoms with Gasteiger partial charge in [-0.15, -0.1) is 0 Å². The zero-order valence-electron chi connectivity index (χ0n) is 18.3. The molecule has 0 spiro atoms. The van der Waals surface area contributed by atoms with Gasteiger partial charge in [-0.3, -0.25) is 9.78 Å². The average molecular weight is 418 g/mol. The van der Waals surface area contributed by atoms with Crippen molar-refractivity contribution in [2.24, 2.45) is 29.6 Å². The van der Waals surface area contributed by atoms with Crippen molar-refractivity contribution in [3.05, 3.63) is 59.9 Å². The van der Waals surface area contributed by atoms with Gasteiger partial charge in [0.25, 0.3) is 0 Å². The van der Waals surface area contributed by atoms with Crippen LogP contribution >= 0.6 is 0 Å². The lowest BCUT2D eigenvalue weighted by atomic mass is 9.57. The SMILES string of the molecule is Cc1ccc(-c2ccc(/C=C/[C@H]3[C@@H]4CC[C@@H](O)C[C@H]4C[C@H]4C(=O)O[C@H](C)[C@@H]34)nc2)cc1. The minimum absolute atomic E-state index is 0.0342. The molecule has 2 aliphatic carbocycles. The number of pyridine rings is 1. The van der Waals surface area contributed by atoms with Crippen molar-refractivity contribution in [1.82, 2.24) is 4.98 Å². The number of ether oxygens (including phenoxy) is 1. The van der Waals surface area contributed by atoms with E-state index < -0.39 is 0 Å². The molecule has 1 aromatic heterocycles. The molecule has 1 aromatic carbocycles. The van der Waals surface area contributed by atoms with Gasteiger partial charge in [0.05, 0.1) is 17.7 Å². The van der Waals surface area contributed by atoms with E-state index in [-0.39, 0.29) is 35.9 Å². The molecule has 5 rings (SSSR count). The standard InChI is InChI=1S/C27H31NO3/c1-16-3-5-18(6-4-16)19-7-8-21(28-15-19)9-11-24-23-12-10-22(29)13-20(23)14-25-26(24)17(2)31-27(25)30/h3-9,11,15,17,20,22-26,29H,10,12-14H2,1-2H3/b11-9+/t17-,20+,22-,23-,24+,25-,26+/m1/s1. The average Bonchev–Trinajstić information content (AvgIpc) is 3.05. The van der Waals surface area contributed by atoms with Crippen molar-refractivity contribution < 1.29 is 14.6 Å². The number of hydrogen-bond donors (Lipinski definition) is 1. The predicted molar refractivity (Wildman–Crippen MR) is 121 cm³/mol. The number of carbonyl (C=O) groups is 1. The molecule has 0 unspecified atom stereocenters. The molecule has 162 valence electrons. The number of aromatic nitrogens is 1. The van der Waals surface area contributed by atoms with Gasteiger partial charge in [-0.25, -0.2) is 0 Å². The van der Waals surface area contributed by atoms with Crippen LogP contribution < -0.4 is 0 Å². The van der Waals surface area contributed by atoms with E-state index in [4.69, 9.17) is 4.74 Å². The molecule has 0 bridgehead atoms. The van der Waals surface area contributed by atoms with Crippen molar-refractivity contribution >= 4 is 12.0 Å². The first-order valence-electron chi connectivity index (χ1n) is 11.6. The first-order valence-corrected chi connectivity index (χ1v) is 11.6. The van der Waals surface area contributed by atoms with E-state index >= 15 is 0 Å². The van der Waals surface area contributed by atoms with E-state index in [9.17, 15) is 9.90 Å². The number of hydrogen-bond acceptors (Lipinski definition) is 4. The Labute approximate surface area is 184 Å². The summed E-state index contributed by atoms with van der Waals surface area (Å²) in [6.45, 7) is 4.13. The fraction of sp³-hybridized carbons (Fsp3) is 0.481. The summed E-state index contributed by atoms with van der Waals surface area (Å²) in [5.41, 5.74) is 4.46. The van der Waals surface area contributed by atoms with Gasteiger partial charge < -0.3 is 9.84 Å². The summed E-state index contributed by atoms with van der Waals surface area (Å²) in [6.07, 6.45) is 9.60. The Morgan fingerprint density at radius 3 is 2.58 bits per heavy atom. The summed E-state index contributed by atoms with van der Waals surface area (Å²) in [6, 6.07) is 12.7. The van der Waals surface area contributed by atoms with Crippen LogP contribution in [-0.2, 0) is 9.53 Å². The van der Waals surface area contributed by atoms with Crippen LogP contribution in [-0.4, -0.2) is 28.3 Å². The van der Waals surface area contributed by atoms with E-state index in [2.05, 4.69) is 60.5 Å². The minimum atomic E-state index is -0.228. The number of cyclic esters (lactones) is 1. The molecule has 4 nitrogen and oxygen atoms in total. The Bertz CT molecular complexity index is 965. The third-order valence-corrected chi connectivity index (χ3v) is 7.78. The molecule has 3 aliphatic rings. The number of allylic oxidation sites excluding steroid dienone is 1. The molecular weight excluding hydrogens is 386 g/mol. The minimum Gasteiger partial charge on any atom is -0.462 e. The normalized spacial score (nSPS) is 34.9. The maximum Gasteiger partial charge on any atom is 0.309 e. The highest BCUT2D eigenvalue weighted by Gasteiger charge is 2.54. The van der Waals surface area contributed by atoms with E-state index in [0.29, 0.717) is 11.8 Å². The van der Waals surface area contributed by atoms with Crippen molar-refractivity contribution in [3.63, 3.8) is 0 Å². The molecule has 1 aliphatic heterocycles. The maximum atomic E-state index is 12.5. The lowest BCUT2D eigenvalue weighted by Crippen LogP contribution is -2.44. The van der Waals surface area contributed by atoms with Gasteiger partial charge in [-0.2, -0.15) is 0 Å². The first-order chi connectivity index (χ1) is 15.0. The van der Waals surface area contributed by atoms with E-state index in [1.807, 2.05) is 13.1 Å². The summed E-state index contributed by atoms with van der Waals surface area (Å²) in [5.74, 6) is 1.34. The number of nitrogens with zero attached hydrogens (tertiary/aromatic N) is 1. The Balaban J connectivity index is 1.38. The summed E-state index contributed by atoms with van der Waals surface area (Å²) >= 11 is 0. The topological polar surface area (TPSA) is 59.4 Å². The Morgan fingerprint density at radius 1 is 1.06 bits per heavy atom. The molecule has 1 saturated heterocycles. The van der Waals surface area contributed by atoms with Gasteiger partial charge in [0.2, 0.25) is 0 Å². The second kappa shape index (κ2) is 8.23. The highest BCUT2D eigenvalue weighted by molar-refractivity contribution is 5.75. The fourth-order valence-electron chi connectivity index (χ4n) is 6.22. The lowest BCUT2D eigenvalue weighted by Gasteiger charge is -2.46. The van der Waals surface area contributed by atoms with E-state index in [0.717, 1.165) is 36.9 Å². The molecule has 0 amide bonds. The van der Waals surface area contributed by atoms with Gasteiger partial charge >= 0.3 is 5.97 Å².